The summed E-state index contributed by atoms with van der Waals surface area (Å²) in [5.74, 6) is 0.390. The van der Waals surface area contributed by atoms with Gasteiger partial charge in [0.2, 0.25) is 5.88 Å². The second-order valence-electron chi connectivity index (χ2n) is 6.58. The van der Waals surface area contributed by atoms with Gasteiger partial charge < -0.3 is 14.8 Å². The van der Waals surface area contributed by atoms with Gasteiger partial charge in [-0.3, -0.25) is 4.79 Å². The summed E-state index contributed by atoms with van der Waals surface area (Å²) in [6.45, 7) is 1.98. The van der Waals surface area contributed by atoms with E-state index in [2.05, 4.69) is 26.2 Å². The molecule has 1 amide bonds. The summed E-state index contributed by atoms with van der Waals surface area (Å²) >= 11 is 3.22. The van der Waals surface area contributed by atoms with Gasteiger partial charge in [0.25, 0.3) is 5.91 Å². The van der Waals surface area contributed by atoms with Crippen LogP contribution in [-0.2, 0) is 11.3 Å². The molecule has 0 aliphatic heterocycles. The molecule has 5 nitrogen and oxygen atoms in total. The Morgan fingerprint density at radius 2 is 2.11 bits per heavy atom. The Kier molecular flexibility index (Phi) is 6.66. The smallest absolute Gasteiger partial charge is 0.261 e. The number of carbonyl (C=O) groups is 1. The minimum absolute atomic E-state index is 0.266. The van der Waals surface area contributed by atoms with Gasteiger partial charge in [0.15, 0.2) is 6.10 Å². The lowest BCUT2D eigenvalue weighted by atomic mass is 10.2. The molecule has 1 aliphatic rings. The van der Waals surface area contributed by atoms with E-state index in [9.17, 15) is 9.18 Å². The van der Waals surface area contributed by atoms with Crippen LogP contribution in [0, 0.1) is 5.82 Å². The zero-order chi connectivity index (χ0) is 19.2. The maximum atomic E-state index is 13.1. The van der Waals surface area contributed by atoms with Gasteiger partial charge in [0, 0.05) is 18.8 Å². The van der Waals surface area contributed by atoms with Crippen LogP contribution in [0.5, 0.6) is 11.6 Å². The van der Waals surface area contributed by atoms with E-state index in [1.54, 1.807) is 13.1 Å². The van der Waals surface area contributed by atoms with E-state index in [0.29, 0.717) is 22.6 Å². The summed E-state index contributed by atoms with van der Waals surface area (Å²) in [7, 11) is 0. The number of nitrogens with one attached hydrogen (secondary N) is 1. The fourth-order valence-electron chi connectivity index (χ4n) is 2.91. The Morgan fingerprint density at radius 3 is 2.78 bits per heavy atom. The largest absolute Gasteiger partial charge is 0.480 e. The second kappa shape index (κ2) is 9.17. The first kappa shape index (κ1) is 19.6. The van der Waals surface area contributed by atoms with Crippen LogP contribution in [0.1, 0.15) is 38.2 Å². The lowest BCUT2D eigenvalue weighted by molar-refractivity contribution is -0.127. The SMILES string of the molecule is CC(Oc1ccc(F)cc1Br)C(=O)NCc1ccc(OC2CCCC2)nc1. The number of halogens is 2. The number of ether oxygens (including phenoxy) is 2. The Balaban J connectivity index is 1.47. The molecule has 0 radical (unpaired) electrons. The number of carbonyl (C=O) groups excluding carboxylic acids is 1. The highest BCUT2D eigenvalue weighted by molar-refractivity contribution is 9.10. The normalized spacial score (nSPS) is 15.4. The van der Waals surface area contributed by atoms with Crippen molar-refractivity contribution in [3.8, 4) is 11.6 Å². The number of nitrogens with zero attached hydrogens (tertiary/aromatic N) is 1. The van der Waals surface area contributed by atoms with Crippen molar-refractivity contribution in [3.63, 3.8) is 0 Å². The molecule has 144 valence electrons. The molecule has 1 heterocycles. The lowest BCUT2D eigenvalue weighted by Crippen LogP contribution is -2.36. The zero-order valence-electron chi connectivity index (χ0n) is 15.1. The van der Waals surface area contributed by atoms with Crippen LogP contribution in [0.2, 0.25) is 0 Å². The van der Waals surface area contributed by atoms with Gasteiger partial charge in [0.05, 0.1) is 4.47 Å². The maximum absolute atomic E-state index is 13.1. The van der Waals surface area contributed by atoms with Crippen LogP contribution in [0.3, 0.4) is 0 Å². The van der Waals surface area contributed by atoms with Crippen LogP contribution in [0.15, 0.2) is 41.0 Å². The van der Waals surface area contributed by atoms with E-state index < -0.39 is 6.10 Å². The summed E-state index contributed by atoms with van der Waals surface area (Å²) < 4.78 is 25.0. The van der Waals surface area contributed by atoms with Gasteiger partial charge in [-0.1, -0.05) is 6.07 Å². The Hall–Kier alpha value is -2.15. The van der Waals surface area contributed by atoms with Gasteiger partial charge in [-0.05, 0) is 72.3 Å². The second-order valence-corrected chi connectivity index (χ2v) is 7.44. The summed E-state index contributed by atoms with van der Waals surface area (Å²) in [4.78, 5) is 16.5. The Bertz CT molecular complexity index is 779. The zero-order valence-corrected chi connectivity index (χ0v) is 16.7. The maximum Gasteiger partial charge on any atom is 0.261 e. The average Bonchev–Trinajstić information content (AvgIpc) is 3.16. The summed E-state index contributed by atoms with van der Waals surface area (Å²) in [5.41, 5.74) is 0.872. The molecule has 0 bridgehead atoms. The van der Waals surface area contributed by atoms with Gasteiger partial charge >= 0.3 is 0 Å². The molecule has 1 atom stereocenters. The van der Waals surface area contributed by atoms with Crippen molar-refractivity contribution in [2.24, 2.45) is 0 Å². The molecule has 27 heavy (non-hydrogen) atoms. The minimum Gasteiger partial charge on any atom is -0.480 e. The van der Waals surface area contributed by atoms with Crippen molar-refractivity contribution >= 4 is 21.8 Å². The monoisotopic (exact) mass is 436 g/mol. The summed E-state index contributed by atoms with van der Waals surface area (Å²) in [5, 5.41) is 2.81. The van der Waals surface area contributed by atoms with Gasteiger partial charge in [-0.2, -0.15) is 0 Å². The van der Waals surface area contributed by atoms with Crippen LogP contribution in [0.25, 0.3) is 0 Å². The number of amides is 1. The number of hydrogen-bond donors (Lipinski definition) is 1. The quantitative estimate of drug-likeness (QED) is 0.698. The summed E-state index contributed by atoms with van der Waals surface area (Å²) in [6.07, 6.45) is 5.85. The topological polar surface area (TPSA) is 60.5 Å². The molecule has 1 aromatic carbocycles. The van der Waals surface area contributed by atoms with Crippen LogP contribution in [-0.4, -0.2) is 23.1 Å². The minimum atomic E-state index is -0.718. The first-order valence-electron chi connectivity index (χ1n) is 9.02. The van der Waals surface area contributed by atoms with E-state index in [4.69, 9.17) is 9.47 Å². The first-order valence-corrected chi connectivity index (χ1v) is 9.81. The predicted octanol–water partition coefficient (Wildman–Crippen LogP) is 4.39. The average molecular weight is 437 g/mol. The molecule has 7 heteroatoms. The highest BCUT2D eigenvalue weighted by Crippen LogP contribution is 2.26. The molecule has 0 saturated heterocycles. The lowest BCUT2D eigenvalue weighted by Gasteiger charge is -2.16. The number of pyridine rings is 1. The third kappa shape index (κ3) is 5.66. The van der Waals surface area contributed by atoms with E-state index in [1.807, 2.05) is 12.1 Å². The van der Waals surface area contributed by atoms with E-state index >= 15 is 0 Å². The first-order chi connectivity index (χ1) is 13.0. The van der Waals surface area contributed by atoms with Gasteiger partial charge in [-0.15, -0.1) is 0 Å². The van der Waals surface area contributed by atoms with E-state index in [1.165, 1.54) is 31.0 Å². The molecule has 1 aromatic heterocycles. The van der Waals surface area contributed by atoms with Crippen LogP contribution in [0.4, 0.5) is 4.39 Å². The predicted molar refractivity (Wildman–Crippen MR) is 103 cm³/mol. The van der Waals surface area contributed by atoms with E-state index in [-0.39, 0.29) is 17.8 Å². The number of benzene rings is 1. The van der Waals surface area contributed by atoms with Crippen molar-refractivity contribution in [1.29, 1.82) is 0 Å². The van der Waals surface area contributed by atoms with Crippen LogP contribution < -0.4 is 14.8 Å². The van der Waals surface area contributed by atoms with Crippen molar-refractivity contribution in [1.82, 2.24) is 10.3 Å². The molecule has 1 saturated carbocycles. The Labute approximate surface area is 166 Å². The third-order valence-corrected chi connectivity index (χ3v) is 5.04. The van der Waals surface area contributed by atoms with Crippen molar-refractivity contribution in [2.75, 3.05) is 0 Å². The van der Waals surface area contributed by atoms with Crippen LogP contribution >= 0.6 is 15.9 Å². The van der Waals surface area contributed by atoms with Gasteiger partial charge in [0.1, 0.15) is 17.7 Å². The molecular weight excluding hydrogens is 415 g/mol. The number of hydrogen-bond acceptors (Lipinski definition) is 4. The number of aromatic nitrogens is 1. The molecular formula is C20H22BrFN2O3. The van der Waals surface area contributed by atoms with Crippen molar-refractivity contribution < 1.29 is 18.7 Å². The molecule has 1 aliphatic carbocycles. The molecule has 1 N–H and O–H groups in total. The number of rotatable bonds is 7. The summed E-state index contributed by atoms with van der Waals surface area (Å²) in [6, 6.07) is 7.78. The third-order valence-electron chi connectivity index (χ3n) is 4.42. The van der Waals surface area contributed by atoms with Gasteiger partial charge in [-0.25, -0.2) is 9.37 Å². The van der Waals surface area contributed by atoms with E-state index in [0.717, 1.165) is 18.4 Å². The van der Waals surface area contributed by atoms with Crippen molar-refractivity contribution in [3.05, 3.63) is 52.4 Å². The fourth-order valence-corrected chi connectivity index (χ4v) is 3.35. The standard InChI is InChI=1S/C20H22BrFN2O3/c1-13(26-18-8-7-15(22)10-17(18)21)20(25)24-12-14-6-9-19(23-11-14)27-16-4-2-3-5-16/h6-11,13,16H,2-5,12H2,1H3,(H,24,25). The fraction of sp³-hybridized carbons (Fsp3) is 0.400. The Morgan fingerprint density at radius 1 is 1.33 bits per heavy atom. The molecule has 2 aromatic rings. The highest BCUT2D eigenvalue weighted by Gasteiger charge is 2.18. The molecule has 3 rings (SSSR count). The molecule has 0 spiro atoms. The highest BCUT2D eigenvalue weighted by atomic mass is 79.9. The molecule has 1 fully saturated rings. The molecule has 1 unspecified atom stereocenters. The van der Waals surface area contributed by atoms with Crippen molar-refractivity contribution in [2.45, 2.75) is 51.4 Å².